The first kappa shape index (κ1) is 20.5. The SMILES string of the molecule is OCC1(Cc2ccccc2F)CCCN(C2CCN(Cc3ccccc3)CC2)C1. The van der Waals surface area contributed by atoms with Gasteiger partial charge in [-0.3, -0.25) is 9.80 Å². The molecule has 2 heterocycles. The number of hydrogen-bond donors (Lipinski definition) is 1. The Balaban J connectivity index is 1.35. The first-order valence-electron chi connectivity index (χ1n) is 11.0. The fourth-order valence-electron chi connectivity index (χ4n) is 5.22. The lowest BCUT2D eigenvalue weighted by Crippen LogP contribution is -2.53. The van der Waals surface area contributed by atoms with Gasteiger partial charge in [0.25, 0.3) is 0 Å². The average Bonchev–Trinajstić information content (AvgIpc) is 2.77. The molecule has 1 unspecified atom stereocenters. The quantitative estimate of drug-likeness (QED) is 0.796. The molecule has 156 valence electrons. The molecule has 0 aromatic heterocycles. The molecular weight excluding hydrogens is 363 g/mol. The highest BCUT2D eigenvalue weighted by molar-refractivity contribution is 5.19. The molecule has 2 aromatic rings. The number of halogens is 1. The molecule has 29 heavy (non-hydrogen) atoms. The summed E-state index contributed by atoms with van der Waals surface area (Å²) >= 11 is 0. The van der Waals surface area contributed by atoms with Gasteiger partial charge in [-0.25, -0.2) is 4.39 Å². The van der Waals surface area contributed by atoms with E-state index in [1.165, 1.54) is 24.5 Å². The number of piperidine rings is 2. The lowest BCUT2D eigenvalue weighted by atomic mass is 9.75. The zero-order chi connectivity index (χ0) is 20.1. The van der Waals surface area contributed by atoms with E-state index >= 15 is 0 Å². The monoisotopic (exact) mass is 396 g/mol. The Kier molecular flexibility index (Phi) is 6.63. The zero-order valence-electron chi connectivity index (χ0n) is 17.3. The Morgan fingerprint density at radius 1 is 0.966 bits per heavy atom. The van der Waals surface area contributed by atoms with Crippen LogP contribution in [0.1, 0.15) is 36.8 Å². The first-order chi connectivity index (χ1) is 14.2. The van der Waals surface area contributed by atoms with E-state index in [0.29, 0.717) is 12.5 Å². The Morgan fingerprint density at radius 3 is 2.41 bits per heavy atom. The Bertz CT molecular complexity index is 775. The highest BCUT2D eigenvalue weighted by Crippen LogP contribution is 2.36. The van der Waals surface area contributed by atoms with Gasteiger partial charge < -0.3 is 5.11 Å². The van der Waals surface area contributed by atoms with Crippen LogP contribution in [0.3, 0.4) is 0 Å². The second-order valence-electron chi connectivity index (χ2n) is 8.99. The van der Waals surface area contributed by atoms with E-state index in [4.69, 9.17) is 0 Å². The van der Waals surface area contributed by atoms with E-state index in [1.54, 1.807) is 6.07 Å². The molecule has 4 heteroatoms. The summed E-state index contributed by atoms with van der Waals surface area (Å²) in [5.74, 6) is -0.147. The van der Waals surface area contributed by atoms with Gasteiger partial charge in [0.15, 0.2) is 0 Å². The van der Waals surface area contributed by atoms with Crippen LogP contribution in [-0.2, 0) is 13.0 Å². The van der Waals surface area contributed by atoms with E-state index in [2.05, 4.69) is 40.1 Å². The highest BCUT2D eigenvalue weighted by Gasteiger charge is 2.38. The van der Waals surface area contributed by atoms with Crippen molar-refractivity contribution in [2.24, 2.45) is 5.41 Å². The third-order valence-electron chi connectivity index (χ3n) is 6.87. The molecule has 0 bridgehead atoms. The van der Waals surface area contributed by atoms with E-state index in [-0.39, 0.29) is 17.8 Å². The van der Waals surface area contributed by atoms with Crippen molar-refractivity contribution in [2.75, 3.05) is 32.8 Å². The van der Waals surface area contributed by atoms with Crippen LogP contribution in [0.25, 0.3) is 0 Å². The maximum Gasteiger partial charge on any atom is 0.126 e. The van der Waals surface area contributed by atoms with Crippen molar-refractivity contribution in [3.63, 3.8) is 0 Å². The fraction of sp³-hybridized carbons (Fsp3) is 0.520. The van der Waals surface area contributed by atoms with E-state index in [9.17, 15) is 9.50 Å². The van der Waals surface area contributed by atoms with E-state index < -0.39 is 0 Å². The summed E-state index contributed by atoms with van der Waals surface area (Å²) in [5, 5.41) is 10.3. The Morgan fingerprint density at radius 2 is 1.69 bits per heavy atom. The molecule has 0 radical (unpaired) electrons. The van der Waals surface area contributed by atoms with Crippen molar-refractivity contribution in [2.45, 2.75) is 44.7 Å². The molecule has 2 aliphatic rings. The summed E-state index contributed by atoms with van der Waals surface area (Å²) in [7, 11) is 0. The van der Waals surface area contributed by atoms with Crippen molar-refractivity contribution < 1.29 is 9.50 Å². The van der Waals surface area contributed by atoms with E-state index in [0.717, 1.165) is 51.1 Å². The van der Waals surface area contributed by atoms with Gasteiger partial charge in [-0.05, 0) is 68.9 Å². The summed E-state index contributed by atoms with van der Waals surface area (Å²) < 4.78 is 14.2. The van der Waals surface area contributed by atoms with E-state index in [1.807, 2.05) is 12.1 Å². The van der Waals surface area contributed by atoms with Gasteiger partial charge in [-0.1, -0.05) is 48.5 Å². The van der Waals surface area contributed by atoms with Crippen molar-refractivity contribution in [1.82, 2.24) is 9.80 Å². The van der Waals surface area contributed by atoms with Crippen LogP contribution < -0.4 is 0 Å². The van der Waals surface area contributed by atoms with Gasteiger partial charge in [0.2, 0.25) is 0 Å². The van der Waals surface area contributed by atoms with Crippen molar-refractivity contribution in [1.29, 1.82) is 0 Å². The van der Waals surface area contributed by atoms with Gasteiger partial charge in [0.1, 0.15) is 5.82 Å². The predicted octanol–water partition coefficient (Wildman–Crippen LogP) is 4.11. The van der Waals surface area contributed by atoms with Crippen molar-refractivity contribution >= 4 is 0 Å². The summed E-state index contributed by atoms with van der Waals surface area (Å²) in [5.41, 5.74) is 1.90. The standard InChI is InChI=1S/C25H33FN2O/c26-24-10-5-4-9-22(24)17-25(20-29)13-6-14-28(19-25)23-11-15-27(16-12-23)18-21-7-2-1-3-8-21/h1-5,7-10,23,29H,6,11-20H2. The molecule has 2 saturated heterocycles. The second kappa shape index (κ2) is 9.38. The minimum Gasteiger partial charge on any atom is -0.396 e. The molecular formula is C25H33FN2O. The van der Waals surface area contributed by atoms with Crippen LogP contribution >= 0.6 is 0 Å². The van der Waals surface area contributed by atoms with Gasteiger partial charge in [-0.2, -0.15) is 0 Å². The molecule has 0 saturated carbocycles. The number of likely N-dealkylation sites (tertiary alicyclic amines) is 2. The number of aliphatic hydroxyl groups is 1. The number of aliphatic hydroxyl groups excluding tert-OH is 1. The first-order valence-corrected chi connectivity index (χ1v) is 11.0. The van der Waals surface area contributed by atoms with Crippen molar-refractivity contribution in [3.8, 4) is 0 Å². The number of rotatable bonds is 6. The minimum absolute atomic E-state index is 0.130. The molecule has 1 N–H and O–H groups in total. The van der Waals surface area contributed by atoms with Crippen LogP contribution in [0, 0.1) is 11.2 Å². The number of benzene rings is 2. The third kappa shape index (κ3) is 5.06. The van der Waals surface area contributed by atoms with Crippen LogP contribution in [0.15, 0.2) is 54.6 Å². The normalized spacial score (nSPS) is 24.6. The molecule has 2 fully saturated rings. The summed E-state index contributed by atoms with van der Waals surface area (Å²) in [6.07, 6.45) is 5.03. The third-order valence-corrected chi connectivity index (χ3v) is 6.87. The molecule has 2 aromatic carbocycles. The Labute approximate surface area is 174 Å². The summed E-state index contributed by atoms with van der Waals surface area (Å²) in [6.45, 7) is 5.38. The largest absolute Gasteiger partial charge is 0.396 e. The van der Waals surface area contributed by atoms with Gasteiger partial charge in [0, 0.05) is 24.5 Å². The summed E-state index contributed by atoms with van der Waals surface area (Å²) in [4.78, 5) is 5.13. The highest BCUT2D eigenvalue weighted by atomic mass is 19.1. The number of hydrogen-bond acceptors (Lipinski definition) is 3. The lowest BCUT2D eigenvalue weighted by molar-refractivity contribution is -0.00379. The second-order valence-corrected chi connectivity index (χ2v) is 8.99. The maximum atomic E-state index is 14.2. The van der Waals surface area contributed by atoms with Crippen LogP contribution in [0.4, 0.5) is 4.39 Å². The van der Waals surface area contributed by atoms with Crippen LogP contribution in [0.2, 0.25) is 0 Å². The minimum atomic E-state index is -0.221. The molecule has 0 aliphatic carbocycles. The molecule has 3 nitrogen and oxygen atoms in total. The smallest absolute Gasteiger partial charge is 0.126 e. The molecule has 0 amide bonds. The molecule has 1 atom stereocenters. The molecule has 0 spiro atoms. The number of nitrogens with zero attached hydrogens (tertiary/aromatic N) is 2. The lowest BCUT2D eigenvalue weighted by Gasteiger charge is -2.47. The van der Waals surface area contributed by atoms with Crippen LogP contribution in [-0.4, -0.2) is 53.7 Å². The Hall–Kier alpha value is -1.75. The fourth-order valence-corrected chi connectivity index (χ4v) is 5.22. The van der Waals surface area contributed by atoms with Gasteiger partial charge in [0.05, 0.1) is 6.61 Å². The van der Waals surface area contributed by atoms with Crippen molar-refractivity contribution in [3.05, 3.63) is 71.5 Å². The van der Waals surface area contributed by atoms with Crippen LogP contribution in [0.5, 0.6) is 0 Å². The summed E-state index contributed by atoms with van der Waals surface area (Å²) in [6, 6.07) is 18.3. The maximum absolute atomic E-state index is 14.2. The zero-order valence-corrected chi connectivity index (χ0v) is 17.3. The molecule has 4 rings (SSSR count). The predicted molar refractivity (Wildman–Crippen MR) is 115 cm³/mol. The van der Waals surface area contributed by atoms with Gasteiger partial charge in [-0.15, -0.1) is 0 Å². The topological polar surface area (TPSA) is 26.7 Å². The average molecular weight is 397 g/mol. The van der Waals surface area contributed by atoms with Gasteiger partial charge >= 0.3 is 0 Å². The molecule has 2 aliphatic heterocycles.